The highest BCUT2D eigenvalue weighted by Crippen LogP contribution is 2.25. The van der Waals surface area contributed by atoms with Crippen molar-refractivity contribution in [2.75, 3.05) is 0 Å². The second-order valence-electron chi connectivity index (χ2n) is 6.60. The minimum absolute atomic E-state index is 0.107. The molecule has 1 saturated carbocycles. The number of nitrogens with one attached hydrogen (secondary N) is 1. The number of carbonyl (C=O) groups is 1. The topological polar surface area (TPSA) is 59.3 Å². The van der Waals surface area contributed by atoms with E-state index in [4.69, 9.17) is 4.42 Å². The summed E-state index contributed by atoms with van der Waals surface area (Å²) < 4.78 is 5.32. The number of fused-ring (bicyclic) bond motifs is 1. The third-order valence-corrected chi connectivity index (χ3v) is 4.70. The molecule has 122 valence electrons. The summed E-state index contributed by atoms with van der Waals surface area (Å²) in [5, 5.41) is 3.94. The van der Waals surface area contributed by atoms with E-state index in [9.17, 15) is 9.59 Å². The Kier molecular flexibility index (Phi) is 4.51. The van der Waals surface area contributed by atoms with Crippen LogP contribution in [0.2, 0.25) is 0 Å². The maximum Gasteiger partial charge on any atom is 0.336 e. The first kappa shape index (κ1) is 15.8. The van der Waals surface area contributed by atoms with E-state index < -0.39 is 0 Å². The molecule has 0 spiro atoms. The van der Waals surface area contributed by atoms with Gasteiger partial charge in [-0.2, -0.15) is 0 Å². The molecule has 1 N–H and O–H groups in total. The van der Waals surface area contributed by atoms with Gasteiger partial charge in [-0.1, -0.05) is 25.3 Å². The van der Waals surface area contributed by atoms with E-state index in [1.165, 1.54) is 12.5 Å². The van der Waals surface area contributed by atoms with Gasteiger partial charge in [0.05, 0.1) is 0 Å². The van der Waals surface area contributed by atoms with Gasteiger partial charge >= 0.3 is 5.63 Å². The van der Waals surface area contributed by atoms with Gasteiger partial charge < -0.3 is 9.73 Å². The summed E-state index contributed by atoms with van der Waals surface area (Å²) in [4.78, 5) is 24.1. The molecule has 0 aliphatic heterocycles. The van der Waals surface area contributed by atoms with Crippen molar-refractivity contribution < 1.29 is 9.21 Å². The molecule has 4 nitrogen and oxygen atoms in total. The molecular weight excluding hydrogens is 290 g/mol. The van der Waals surface area contributed by atoms with Crippen LogP contribution in [0.1, 0.15) is 48.8 Å². The van der Waals surface area contributed by atoms with E-state index in [2.05, 4.69) is 11.4 Å². The average molecular weight is 313 g/mol. The molecule has 0 unspecified atom stereocenters. The maximum atomic E-state index is 12.3. The summed E-state index contributed by atoms with van der Waals surface area (Å²) in [5.74, 6) is 0.231. The van der Waals surface area contributed by atoms with Crippen LogP contribution >= 0.6 is 0 Å². The number of benzene rings is 1. The Balaban J connectivity index is 1.85. The van der Waals surface area contributed by atoms with Gasteiger partial charge in [0, 0.05) is 23.9 Å². The largest absolute Gasteiger partial charge is 0.423 e. The van der Waals surface area contributed by atoms with Crippen LogP contribution < -0.4 is 10.9 Å². The van der Waals surface area contributed by atoms with Gasteiger partial charge in [-0.05, 0) is 49.4 Å². The Labute approximate surface area is 135 Å². The van der Waals surface area contributed by atoms with E-state index >= 15 is 0 Å². The molecule has 1 fully saturated rings. The van der Waals surface area contributed by atoms with Crippen LogP contribution in [-0.4, -0.2) is 5.91 Å². The molecule has 0 radical (unpaired) electrons. The van der Waals surface area contributed by atoms with Gasteiger partial charge in [0.1, 0.15) is 5.58 Å². The summed E-state index contributed by atoms with van der Waals surface area (Å²) in [5.41, 5.74) is 3.17. The number of amides is 1. The van der Waals surface area contributed by atoms with Gasteiger partial charge in [0.2, 0.25) is 5.91 Å². The van der Waals surface area contributed by atoms with E-state index in [-0.39, 0.29) is 17.5 Å². The van der Waals surface area contributed by atoms with Crippen molar-refractivity contribution in [2.24, 2.45) is 5.92 Å². The van der Waals surface area contributed by atoms with Gasteiger partial charge in [-0.3, -0.25) is 4.79 Å². The van der Waals surface area contributed by atoms with Gasteiger partial charge in [0.25, 0.3) is 0 Å². The van der Waals surface area contributed by atoms with Crippen LogP contribution in [0.25, 0.3) is 11.0 Å². The number of aryl methyl sites for hydroxylation is 2. The molecule has 0 saturated heterocycles. The first-order chi connectivity index (χ1) is 11.0. The zero-order valence-electron chi connectivity index (χ0n) is 13.8. The number of rotatable bonds is 3. The lowest BCUT2D eigenvalue weighted by Gasteiger charge is -2.21. The van der Waals surface area contributed by atoms with Crippen LogP contribution in [0.5, 0.6) is 0 Å². The monoisotopic (exact) mass is 313 g/mol. The smallest absolute Gasteiger partial charge is 0.336 e. The molecule has 0 atom stereocenters. The molecule has 1 amide bonds. The summed E-state index contributed by atoms with van der Waals surface area (Å²) in [6.07, 6.45) is 5.44. The summed E-state index contributed by atoms with van der Waals surface area (Å²) in [6, 6.07) is 5.43. The van der Waals surface area contributed by atoms with Crippen molar-refractivity contribution in [1.82, 2.24) is 5.32 Å². The summed E-state index contributed by atoms with van der Waals surface area (Å²) in [6.45, 7) is 4.35. The summed E-state index contributed by atoms with van der Waals surface area (Å²) >= 11 is 0. The fraction of sp³-hybridized carbons (Fsp3) is 0.474. The minimum Gasteiger partial charge on any atom is -0.423 e. The molecule has 1 aromatic heterocycles. The molecule has 3 rings (SSSR count). The van der Waals surface area contributed by atoms with Crippen molar-refractivity contribution in [3.8, 4) is 0 Å². The van der Waals surface area contributed by atoms with Gasteiger partial charge in [0.15, 0.2) is 0 Å². The molecule has 0 bridgehead atoms. The van der Waals surface area contributed by atoms with Crippen LogP contribution in [0.15, 0.2) is 27.4 Å². The predicted octanol–water partition coefficient (Wildman–Crippen LogP) is 3.61. The molecule has 2 aromatic rings. The van der Waals surface area contributed by atoms with Crippen LogP contribution in [0.4, 0.5) is 0 Å². The second kappa shape index (κ2) is 6.57. The average Bonchev–Trinajstić information content (AvgIpc) is 2.52. The van der Waals surface area contributed by atoms with Crippen molar-refractivity contribution in [1.29, 1.82) is 0 Å². The molecule has 1 heterocycles. The highest BCUT2D eigenvalue weighted by molar-refractivity contribution is 5.85. The van der Waals surface area contributed by atoms with Crippen LogP contribution in [0, 0.1) is 19.8 Å². The molecule has 1 aliphatic rings. The molecular formula is C19H23NO3. The highest BCUT2D eigenvalue weighted by atomic mass is 16.4. The normalized spacial score (nSPS) is 15.7. The maximum absolute atomic E-state index is 12.3. The Bertz CT molecular complexity index is 785. The molecule has 4 heteroatoms. The minimum atomic E-state index is -0.371. The lowest BCUT2D eigenvalue weighted by atomic mass is 9.88. The molecule has 1 aromatic carbocycles. The SMILES string of the molecule is Cc1cc(C)c2c(CNC(=O)C3CCCCC3)cc(=O)oc2c1. The lowest BCUT2D eigenvalue weighted by molar-refractivity contribution is -0.126. The predicted molar refractivity (Wildman–Crippen MR) is 90.4 cm³/mol. The third kappa shape index (κ3) is 3.46. The molecule has 1 aliphatic carbocycles. The van der Waals surface area contributed by atoms with Gasteiger partial charge in [-0.15, -0.1) is 0 Å². The fourth-order valence-electron chi connectivity index (χ4n) is 3.60. The highest BCUT2D eigenvalue weighted by Gasteiger charge is 2.21. The van der Waals surface area contributed by atoms with Crippen molar-refractivity contribution >= 4 is 16.9 Å². The first-order valence-corrected chi connectivity index (χ1v) is 8.36. The quantitative estimate of drug-likeness (QED) is 0.881. The Morgan fingerprint density at radius 3 is 2.65 bits per heavy atom. The third-order valence-electron chi connectivity index (χ3n) is 4.70. The van der Waals surface area contributed by atoms with E-state index in [1.807, 2.05) is 19.9 Å². The zero-order chi connectivity index (χ0) is 16.4. The second-order valence-corrected chi connectivity index (χ2v) is 6.60. The number of hydrogen-bond acceptors (Lipinski definition) is 3. The number of carbonyl (C=O) groups excluding carboxylic acids is 1. The fourth-order valence-corrected chi connectivity index (χ4v) is 3.60. The van der Waals surface area contributed by atoms with Crippen LogP contribution in [0.3, 0.4) is 0 Å². The standard InChI is InChI=1S/C19H23NO3/c1-12-8-13(2)18-15(10-17(21)23-16(18)9-12)11-20-19(22)14-6-4-3-5-7-14/h8-10,14H,3-7,11H2,1-2H3,(H,20,22). The molecule has 23 heavy (non-hydrogen) atoms. The Hall–Kier alpha value is -2.10. The van der Waals surface area contributed by atoms with Crippen molar-refractivity contribution in [3.63, 3.8) is 0 Å². The van der Waals surface area contributed by atoms with Crippen LogP contribution in [-0.2, 0) is 11.3 Å². The zero-order valence-corrected chi connectivity index (χ0v) is 13.8. The Morgan fingerprint density at radius 1 is 1.17 bits per heavy atom. The van der Waals surface area contributed by atoms with E-state index in [0.29, 0.717) is 12.1 Å². The first-order valence-electron chi connectivity index (χ1n) is 8.36. The number of hydrogen-bond donors (Lipinski definition) is 1. The van der Waals surface area contributed by atoms with Crippen molar-refractivity contribution in [3.05, 3.63) is 45.3 Å². The van der Waals surface area contributed by atoms with Crippen molar-refractivity contribution in [2.45, 2.75) is 52.5 Å². The summed E-state index contributed by atoms with van der Waals surface area (Å²) in [7, 11) is 0. The van der Waals surface area contributed by atoms with E-state index in [1.54, 1.807) is 0 Å². The van der Waals surface area contributed by atoms with Gasteiger partial charge in [-0.25, -0.2) is 4.79 Å². The van der Waals surface area contributed by atoms with E-state index in [0.717, 1.165) is 47.8 Å². The Morgan fingerprint density at radius 2 is 1.91 bits per heavy atom. The lowest BCUT2D eigenvalue weighted by Crippen LogP contribution is -2.31.